The van der Waals surface area contributed by atoms with Crippen LogP contribution in [0, 0.1) is 11.8 Å². The molecule has 0 saturated heterocycles. The molecule has 14 nitrogen and oxygen atoms in total. The van der Waals surface area contributed by atoms with E-state index in [1.54, 1.807) is 44.3 Å². The van der Waals surface area contributed by atoms with Crippen LogP contribution in [0.5, 0.6) is 5.75 Å². The number of benzene rings is 1. The summed E-state index contributed by atoms with van der Waals surface area (Å²) in [6.45, 7) is 10.6. The normalized spacial score (nSPS) is 11.2. The molecule has 4 aromatic rings. The SMILES string of the molecule is CCCN(Cc1cc(C#Cc2ccc(NC(=O)C(F)(F)F)cc2OCC(=O)OCC)cc(CN(CC(=O)OCC)Cc2cc(Br)cc(CC)n2)n1)Cc1cc(Br)cc(C(=O)OCC)n1. The second kappa shape index (κ2) is 25.2. The quantitative estimate of drug-likeness (QED) is 0.0487. The summed E-state index contributed by atoms with van der Waals surface area (Å²) in [5.41, 5.74) is 3.94. The minimum Gasteiger partial charge on any atom is -0.481 e. The van der Waals surface area contributed by atoms with E-state index >= 15 is 0 Å². The molecule has 0 bridgehead atoms. The second-order valence-corrected chi connectivity index (χ2v) is 15.8. The number of carbonyl (C=O) groups excluding carboxylic acids is 4. The number of alkyl halides is 3. The van der Waals surface area contributed by atoms with Gasteiger partial charge in [0.15, 0.2) is 6.61 Å². The summed E-state index contributed by atoms with van der Waals surface area (Å²) in [5, 5.41) is 1.78. The van der Waals surface area contributed by atoms with Crippen molar-refractivity contribution in [3.8, 4) is 17.6 Å². The van der Waals surface area contributed by atoms with Gasteiger partial charge in [0.25, 0.3) is 0 Å². The molecular weight excluding hydrogens is 969 g/mol. The van der Waals surface area contributed by atoms with Crippen molar-refractivity contribution in [2.75, 3.05) is 44.8 Å². The number of hydrogen-bond donors (Lipinski definition) is 1. The lowest BCUT2D eigenvalue weighted by Gasteiger charge is -2.23. The first-order valence-electron chi connectivity index (χ1n) is 20.4. The maximum atomic E-state index is 13.1. The highest BCUT2D eigenvalue weighted by molar-refractivity contribution is 9.10. The zero-order valence-electron chi connectivity index (χ0n) is 36.1. The van der Waals surface area contributed by atoms with E-state index in [-0.39, 0.29) is 62.1 Å². The Morgan fingerprint density at radius 1 is 0.688 bits per heavy atom. The number of esters is 3. The number of aromatic nitrogens is 3. The van der Waals surface area contributed by atoms with Crippen LogP contribution in [-0.2, 0) is 61.2 Å². The van der Waals surface area contributed by atoms with Gasteiger partial charge in [-0.05, 0) is 88.7 Å². The average Bonchev–Trinajstić information content (AvgIpc) is 3.22. The maximum Gasteiger partial charge on any atom is 0.471 e. The minimum absolute atomic E-state index is 0.0728. The van der Waals surface area contributed by atoms with Crippen LogP contribution in [0.3, 0.4) is 0 Å². The first-order valence-corrected chi connectivity index (χ1v) is 22.0. The number of nitrogens with one attached hydrogen (secondary N) is 1. The van der Waals surface area contributed by atoms with Crippen molar-refractivity contribution in [1.82, 2.24) is 24.8 Å². The Hall–Kier alpha value is -5.42. The minimum atomic E-state index is -5.15. The molecule has 342 valence electrons. The Kier molecular flexibility index (Phi) is 20.1. The third-order valence-corrected chi connectivity index (χ3v) is 9.66. The third-order valence-electron chi connectivity index (χ3n) is 8.75. The Bertz CT molecular complexity index is 2340. The van der Waals surface area contributed by atoms with Crippen LogP contribution in [0.15, 0.2) is 63.5 Å². The number of ether oxygens (including phenoxy) is 4. The van der Waals surface area contributed by atoms with Crippen molar-refractivity contribution in [2.24, 2.45) is 0 Å². The highest BCUT2D eigenvalue weighted by Gasteiger charge is 2.38. The van der Waals surface area contributed by atoms with E-state index in [0.29, 0.717) is 53.2 Å². The van der Waals surface area contributed by atoms with Crippen LogP contribution in [0.25, 0.3) is 0 Å². The molecule has 1 aromatic carbocycles. The monoisotopic (exact) mass is 1020 g/mol. The van der Waals surface area contributed by atoms with Crippen LogP contribution in [0.2, 0.25) is 0 Å². The molecule has 0 aliphatic heterocycles. The fourth-order valence-corrected chi connectivity index (χ4v) is 7.21. The molecule has 0 spiro atoms. The lowest BCUT2D eigenvalue weighted by molar-refractivity contribution is -0.167. The maximum absolute atomic E-state index is 13.1. The number of hydrogen-bond acceptors (Lipinski definition) is 13. The molecule has 1 amide bonds. The smallest absolute Gasteiger partial charge is 0.471 e. The van der Waals surface area contributed by atoms with Gasteiger partial charge in [0.1, 0.15) is 11.4 Å². The fraction of sp³-hybridized carbons (Fsp3) is 0.400. The summed E-state index contributed by atoms with van der Waals surface area (Å²) in [6, 6.07) is 14.5. The van der Waals surface area contributed by atoms with E-state index in [2.05, 4.69) is 53.6 Å². The summed E-state index contributed by atoms with van der Waals surface area (Å²) in [4.78, 5) is 67.8. The van der Waals surface area contributed by atoms with E-state index in [0.717, 1.165) is 28.3 Å². The number of anilines is 1. The van der Waals surface area contributed by atoms with Gasteiger partial charge >= 0.3 is 30.0 Å². The largest absolute Gasteiger partial charge is 0.481 e. The molecule has 1 N–H and O–H groups in total. The molecule has 0 aliphatic carbocycles. The predicted octanol–water partition coefficient (Wildman–Crippen LogP) is 7.96. The molecule has 0 saturated carbocycles. The van der Waals surface area contributed by atoms with Crippen LogP contribution in [0.1, 0.15) is 91.1 Å². The number of nitrogens with zero attached hydrogens (tertiary/aromatic N) is 5. The first-order chi connectivity index (χ1) is 30.5. The van der Waals surface area contributed by atoms with Gasteiger partial charge in [-0.25, -0.2) is 14.6 Å². The molecule has 0 radical (unpaired) electrons. The van der Waals surface area contributed by atoms with E-state index in [9.17, 15) is 32.3 Å². The number of halogens is 5. The van der Waals surface area contributed by atoms with Crippen molar-refractivity contribution >= 4 is 61.4 Å². The molecule has 0 unspecified atom stereocenters. The van der Waals surface area contributed by atoms with Gasteiger partial charge in [0.2, 0.25) is 0 Å². The standard InChI is InChI=1S/C45H49Br2F3N6O8/c1-6-15-55(24-38-20-32(47)21-39(53-38)43(59)63-10-5)23-35-16-29(11-12-30-13-14-34(54-44(60)45(48,49)50)22-40(30)64-28-42(58)62-9-4)17-36(52-35)25-56(27-41(57)61-8-3)26-37-19-31(46)18-33(7-2)51-37/h13-14,16-22H,6-10,15,23-28H2,1-5H3,(H,54,60). The number of carbonyl (C=O) groups is 4. The van der Waals surface area contributed by atoms with Gasteiger partial charge in [0, 0.05) is 58.1 Å². The van der Waals surface area contributed by atoms with Crippen LogP contribution in [0.4, 0.5) is 18.9 Å². The number of pyridine rings is 3. The van der Waals surface area contributed by atoms with Crippen LogP contribution < -0.4 is 10.1 Å². The van der Waals surface area contributed by atoms with Gasteiger partial charge in [-0.3, -0.25) is 29.4 Å². The highest BCUT2D eigenvalue weighted by Crippen LogP contribution is 2.26. The van der Waals surface area contributed by atoms with Gasteiger partial charge in [-0.2, -0.15) is 13.2 Å². The van der Waals surface area contributed by atoms with E-state index in [1.165, 1.54) is 12.1 Å². The van der Waals surface area contributed by atoms with Crippen molar-refractivity contribution in [3.05, 3.63) is 109 Å². The van der Waals surface area contributed by atoms with E-state index in [4.69, 9.17) is 28.9 Å². The molecule has 3 heterocycles. The Labute approximate surface area is 386 Å². The average molecular weight is 1020 g/mol. The Morgan fingerprint density at radius 2 is 1.25 bits per heavy atom. The number of amides is 1. The topological polar surface area (TPSA) is 162 Å². The molecule has 64 heavy (non-hydrogen) atoms. The van der Waals surface area contributed by atoms with Crippen LogP contribution in [-0.4, -0.2) is 94.3 Å². The van der Waals surface area contributed by atoms with Crippen LogP contribution >= 0.6 is 31.9 Å². The molecule has 19 heteroatoms. The zero-order chi connectivity index (χ0) is 46.8. The molecule has 0 atom stereocenters. The lowest BCUT2D eigenvalue weighted by atomic mass is 10.1. The first kappa shape index (κ1) is 51.2. The van der Waals surface area contributed by atoms with Gasteiger partial charge in [-0.1, -0.05) is 57.5 Å². The summed E-state index contributed by atoms with van der Waals surface area (Å²) >= 11 is 7.05. The number of aryl methyl sites for hydroxylation is 1. The Balaban J connectivity index is 1.80. The molecular formula is C45H49Br2F3N6O8. The van der Waals surface area contributed by atoms with Gasteiger partial charge < -0.3 is 24.3 Å². The predicted molar refractivity (Wildman–Crippen MR) is 238 cm³/mol. The van der Waals surface area contributed by atoms with Crippen molar-refractivity contribution < 1.29 is 51.3 Å². The summed E-state index contributed by atoms with van der Waals surface area (Å²) in [7, 11) is 0. The Morgan fingerprint density at radius 3 is 1.86 bits per heavy atom. The van der Waals surface area contributed by atoms with E-state index < -0.39 is 36.6 Å². The van der Waals surface area contributed by atoms with Crippen molar-refractivity contribution in [3.63, 3.8) is 0 Å². The molecule has 4 rings (SSSR count). The lowest BCUT2D eigenvalue weighted by Crippen LogP contribution is -2.31. The molecule has 0 fully saturated rings. The summed E-state index contributed by atoms with van der Waals surface area (Å²) in [6.07, 6.45) is -3.68. The van der Waals surface area contributed by atoms with Crippen molar-refractivity contribution in [1.29, 1.82) is 0 Å². The fourth-order valence-electron chi connectivity index (χ4n) is 6.20. The highest BCUT2D eigenvalue weighted by atomic mass is 79.9. The zero-order valence-corrected chi connectivity index (χ0v) is 39.2. The third kappa shape index (κ3) is 16.9. The molecule has 3 aromatic heterocycles. The van der Waals surface area contributed by atoms with Gasteiger partial charge in [0.05, 0.1) is 54.7 Å². The summed E-state index contributed by atoms with van der Waals surface area (Å²) in [5.74, 6) is 2.13. The number of rotatable bonds is 21. The molecule has 0 aliphatic rings. The van der Waals surface area contributed by atoms with Crippen molar-refractivity contribution in [2.45, 2.75) is 79.8 Å². The summed E-state index contributed by atoms with van der Waals surface area (Å²) < 4.78 is 61.9. The second-order valence-electron chi connectivity index (χ2n) is 14.0. The van der Waals surface area contributed by atoms with E-state index in [1.807, 2.05) is 36.9 Å². The van der Waals surface area contributed by atoms with Gasteiger partial charge in [-0.15, -0.1) is 0 Å².